The lowest BCUT2D eigenvalue weighted by Crippen LogP contribution is -2.33. The van der Waals surface area contributed by atoms with Crippen LogP contribution < -0.4 is 20.3 Å². The van der Waals surface area contributed by atoms with Crippen molar-refractivity contribution in [3.8, 4) is 17.0 Å². The van der Waals surface area contributed by atoms with Gasteiger partial charge < -0.3 is 20.3 Å². The van der Waals surface area contributed by atoms with Crippen molar-refractivity contribution in [3.05, 3.63) is 59.6 Å². The molecule has 1 aromatic heterocycles. The maximum Gasteiger partial charge on any atom is 0.323 e. The summed E-state index contributed by atoms with van der Waals surface area (Å²) in [5, 5.41) is 14.9. The van der Waals surface area contributed by atoms with Crippen LogP contribution in [-0.4, -0.2) is 36.4 Å². The number of hydrogen-bond donors (Lipinski definition) is 2. The summed E-state index contributed by atoms with van der Waals surface area (Å²) < 4.78 is 5.27. The van der Waals surface area contributed by atoms with Gasteiger partial charge in [-0.15, -0.1) is 10.2 Å². The molecule has 2 heterocycles. The van der Waals surface area contributed by atoms with E-state index in [9.17, 15) is 4.79 Å². The first-order valence-corrected chi connectivity index (χ1v) is 11.0. The number of amides is 2. The summed E-state index contributed by atoms with van der Waals surface area (Å²) in [4.78, 5) is 14.8. The third-order valence-electron chi connectivity index (χ3n) is 5.58. The van der Waals surface area contributed by atoms with Crippen molar-refractivity contribution in [2.24, 2.45) is 5.92 Å². The number of anilines is 3. The lowest BCUT2D eigenvalue weighted by atomic mass is 9.99. The smallest absolute Gasteiger partial charge is 0.323 e. The molecule has 2 amide bonds. The van der Waals surface area contributed by atoms with Gasteiger partial charge in [-0.2, -0.15) is 0 Å². The Bertz CT molecular complexity index is 1080. The van der Waals surface area contributed by atoms with Crippen LogP contribution in [0.15, 0.2) is 54.6 Å². The summed E-state index contributed by atoms with van der Waals surface area (Å²) in [7, 11) is 1.54. The summed E-state index contributed by atoms with van der Waals surface area (Å²) in [5.74, 6) is 2.20. The minimum absolute atomic E-state index is 0.400. The topological polar surface area (TPSA) is 79.4 Å². The fourth-order valence-electron chi connectivity index (χ4n) is 3.70. The molecule has 0 aliphatic carbocycles. The normalized spacial score (nSPS) is 14.2. The number of rotatable bonds is 5. The number of carbonyl (C=O) groups is 1. The Labute approximate surface area is 192 Å². The number of carbonyl (C=O) groups excluding carboxylic acids is 1. The first kappa shape index (κ1) is 21.9. The average Bonchev–Trinajstić information content (AvgIpc) is 2.80. The van der Waals surface area contributed by atoms with Crippen LogP contribution in [0.3, 0.4) is 0 Å². The Balaban J connectivity index is 1.43. The second-order valence-electron chi connectivity index (χ2n) is 7.95. The highest BCUT2D eigenvalue weighted by molar-refractivity contribution is 6.31. The highest BCUT2D eigenvalue weighted by atomic mass is 35.5. The molecule has 1 fully saturated rings. The van der Waals surface area contributed by atoms with Crippen molar-refractivity contribution in [2.75, 3.05) is 35.7 Å². The summed E-state index contributed by atoms with van der Waals surface area (Å²) in [6, 6.07) is 16.1. The molecule has 4 rings (SSSR count). The summed E-state index contributed by atoms with van der Waals surface area (Å²) in [6.07, 6.45) is 2.36. The molecule has 2 N–H and O–H groups in total. The van der Waals surface area contributed by atoms with Crippen molar-refractivity contribution in [2.45, 2.75) is 19.8 Å². The Kier molecular flexibility index (Phi) is 6.75. The lowest BCUT2D eigenvalue weighted by molar-refractivity contribution is 0.262. The van der Waals surface area contributed by atoms with Crippen LogP contribution >= 0.6 is 11.6 Å². The molecular formula is C24H26ClN5O2. The molecule has 0 saturated carbocycles. The Morgan fingerprint density at radius 3 is 2.59 bits per heavy atom. The second kappa shape index (κ2) is 9.87. The van der Waals surface area contributed by atoms with E-state index < -0.39 is 6.03 Å². The molecular weight excluding hydrogens is 426 g/mol. The molecule has 32 heavy (non-hydrogen) atoms. The number of hydrogen-bond acceptors (Lipinski definition) is 5. The highest BCUT2D eigenvalue weighted by Crippen LogP contribution is 2.28. The number of aromatic nitrogens is 2. The van der Waals surface area contributed by atoms with Crippen molar-refractivity contribution in [3.63, 3.8) is 0 Å². The van der Waals surface area contributed by atoms with Crippen LogP contribution in [0.4, 0.5) is 22.0 Å². The zero-order valence-corrected chi connectivity index (χ0v) is 18.9. The molecule has 0 radical (unpaired) electrons. The molecule has 0 atom stereocenters. The summed E-state index contributed by atoms with van der Waals surface area (Å²) >= 11 is 6.03. The molecule has 3 aromatic rings. The van der Waals surface area contributed by atoms with E-state index in [4.69, 9.17) is 16.3 Å². The number of urea groups is 1. The number of nitrogens with one attached hydrogen (secondary N) is 2. The zero-order chi connectivity index (χ0) is 22.5. The SMILES string of the molecule is COc1ccc(Cl)cc1NC(=O)Nc1cccc(-c2ccc(N3CCC(C)CC3)nn2)c1. The fourth-order valence-corrected chi connectivity index (χ4v) is 3.88. The van der Waals surface area contributed by atoms with E-state index in [2.05, 4.69) is 32.7 Å². The number of benzene rings is 2. The van der Waals surface area contributed by atoms with Gasteiger partial charge in [-0.3, -0.25) is 0 Å². The molecule has 0 unspecified atom stereocenters. The van der Waals surface area contributed by atoms with Gasteiger partial charge in [0.1, 0.15) is 5.75 Å². The van der Waals surface area contributed by atoms with E-state index >= 15 is 0 Å². The fraction of sp³-hybridized carbons (Fsp3) is 0.292. The second-order valence-corrected chi connectivity index (χ2v) is 8.39. The van der Waals surface area contributed by atoms with Gasteiger partial charge in [0.2, 0.25) is 0 Å². The summed E-state index contributed by atoms with van der Waals surface area (Å²) in [6.45, 7) is 4.32. The van der Waals surface area contributed by atoms with Crippen LogP contribution in [0.25, 0.3) is 11.3 Å². The number of piperidine rings is 1. The maximum atomic E-state index is 12.5. The summed E-state index contributed by atoms with van der Waals surface area (Å²) in [5.41, 5.74) is 2.74. The van der Waals surface area contributed by atoms with Gasteiger partial charge in [0, 0.05) is 29.4 Å². The van der Waals surface area contributed by atoms with Gasteiger partial charge in [0.05, 0.1) is 18.5 Å². The van der Waals surface area contributed by atoms with Crippen molar-refractivity contribution >= 4 is 34.8 Å². The van der Waals surface area contributed by atoms with Crippen molar-refractivity contribution in [1.29, 1.82) is 0 Å². The monoisotopic (exact) mass is 451 g/mol. The van der Waals surface area contributed by atoms with Gasteiger partial charge in [-0.1, -0.05) is 30.7 Å². The molecule has 8 heteroatoms. The molecule has 7 nitrogen and oxygen atoms in total. The molecule has 1 saturated heterocycles. The molecule has 1 aliphatic rings. The van der Waals surface area contributed by atoms with Gasteiger partial charge >= 0.3 is 6.03 Å². The molecule has 2 aromatic carbocycles. The number of ether oxygens (including phenoxy) is 1. The zero-order valence-electron chi connectivity index (χ0n) is 18.1. The standard InChI is InChI=1S/C24H26ClN5O2/c1-16-10-12-30(13-11-16)23-9-7-20(28-29-23)17-4-3-5-19(14-17)26-24(31)27-21-15-18(25)6-8-22(21)32-2/h3-9,14-16H,10-13H2,1-2H3,(H2,26,27,31). The largest absolute Gasteiger partial charge is 0.495 e. The maximum absolute atomic E-state index is 12.5. The third kappa shape index (κ3) is 5.29. The predicted octanol–water partition coefficient (Wildman–Crippen LogP) is 5.69. The lowest BCUT2D eigenvalue weighted by Gasteiger charge is -2.30. The first-order chi connectivity index (χ1) is 15.5. The van der Waals surface area contributed by atoms with Gasteiger partial charge in [-0.25, -0.2) is 4.79 Å². The number of methoxy groups -OCH3 is 1. The van der Waals surface area contributed by atoms with Crippen LogP contribution in [-0.2, 0) is 0 Å². The molecule has 166 valence electrons. The average molecular weight is 452 g/mol. The van der Waals surface area contributed by atoms with E-state index in [-0.39, 0.29) is 0 Å². The highest BCUT2D eigenvalue weighted by Gasteiger charge is 2.17. The van der Waals surface area contributed by atoms with Crippen LogP contribution in [0, 0.1) is 5.92 Å². The van der Waals surface area contributed by atoms with E-state index in [1.54, 1.807) is 18.2 Å². The van der Waals surface area contributed by atoms with Crippen LogP contribution in [0.2, 0.25) is 5.02 Å². The molecule has 0 bridgehead atoms. The minimum atomic E-state index is -0.400. The predicted molar refractivity (Wildman–Crippen MR) is 129 cm³/mol. The van der Waals surface area contributed by atoms with Crippen molar-refractivity contribution in [1.82, 2.24) is 10.2 Å². The molecule has 0 spiro atoms. The van der Waals surface area contributed by atoms with Gasteiger partial charge in [0.25, 0.3) is 0 Å². The Morgan fingerprint density at radius 2 is 1.88 bits per heavy atom. The Hall–Kier alpha value is -3.32. The first-order valence-electron chi connectivity index (χ1n) is 10.6. The minimum Gasteiger partial charge on any atom is -0.495 e. The quantitative estimate of drug-likeness (QED) is 0.521. The number of nitrogens with zero attached hydrogens (tertiary/aromatic N) is 3. The van der Waals surface area contributed by atoms with E-state index in [1.165, 1.54) is 20.0 Å². The van der Waals surface area contributed by atoms with Crippen LogP contribution in [0.1, 0.15) is 19.8 Å². The van der Waals surface area contributed by atoms with E-state index in [0.717, 1.165) is 36.1 Å². The van der Waals surface area contributed by atoms with Crippen LogP contribution in [0.5, 0.6) is 5.75 Å². The van der Waals surface area contributed by atoms with E-state index in [0.29, 0.717) is 22.1 Å². The van der Waals surface area contributed by atoms with Gasteiger partial charge in [0.15, 0.2) is 5.82 Å². The van der Waals surface area contributed by atoms with Crippen molar-refractivity contribution < 1.29 is 9.53 Å². The molecule has 1 aliphatic heterocycles. The number of halogens is 1. The Morgan fingerprint density at radius 1 is 1.06 bits per heavy atom. The van der Waals surface area contributed by atoms with E-state index in [1.807, 2.05) is 36.4 Å². The van der Waals surface area contributed by atoms with Gasteiger partial charge in [-0.05, 0) is 61.2 Å². The third-order valence-corrected chi connectivity index (χ3v) is 5.82.